The zero-order valence-corrected chi connectivity index (χ0v) is 13.6. The largest absolute Gasteiger partial charge is 0.397 e. The molecule has 0 fully saturated rings. The minimum atomic E-state index is -0.206. The van der Waals surface area contributed by atoms with Crippen molar-refractivity contribution < 1.29 is 4.79 Å². The average molecular weight is 312 g/mol. The molecule has 118 valence electrons. The van der Waals surface area contributed by atoms with Crippen LogP contribution in [-0.4, -0.2) is 17.4 Å². The number of carbonyl (C=O) groups is 1. The summed E-state index contributed by atoms with van der Waals surface area (Å²) >= 11 is 5.89. The van der Waals surface area contributed by atoms with Gasteiger partial charge in [0.15, 0.2) is 0 Å². The number of halogens is 1. The van der Waals surface area contributed by atoms with E-state index in [0.29, 0.717) is 17.8 Å². The number of nitrogens with one attached hydrogen (secondary N) is 1. The maximum absolute atomic E-state index is 11.9. The van der Waals surface area contributed by atoms with Crippen LogP contribution in [0.25, 0.3) is 0 Å². The first-order valence-electron chi connectivity index (χ1n) is 7.84. The standard InChI is InChI=1S/C16H26ClN3O/c1-2-3-4-5-6-7-8-9-10-19-16(21)14-11-13(18)12-20-15(14)17/h11-12H,2-10,18H2,1H3,(H,19,21). The zero-order chi connectivity index (χ0) is 15.5. The van der Waals surface area contributed by atoms with E-state index in [2.05, 4.69) is 17.2 Å². The van der Waals surface area contributed by atoms with Gasteiger partial charge in [0.05, 0.1) is 17.4 Å². The molecule has 0 bridgehead atoms. The maximum Gasteiger partial charge on any atom is 0.254 e. The molecule has 0 aliphatic carbocycles. The fourth-order valence-electron chi connectivity index (χ4n) is 2.18. The molecular weight excluding hydrogens is 286 g/mol. The lowest BCUT2D eigenvalue weighted by Gasteiger charge is -2.07. The molecule has 4 nitrogen and oxygen atoms in total. The van der Waals surface area contributed by atoms with E-state index >= 15 is 0 Å². The molecule has 3 N–H and O–H groups in total. The van der Waals surface area contributed by atoms with Crippen molar-refractivity contribution in [2.75, 3.05) is 12.3 Å². The van der Waals surface area contributed by atoms with E-state index in [1.54, 1.807) is 6.07 Å². The molecule has 0 aliphatic heterocycles. The Morgan fingerprint density at radius 1 is 1.19 bits per heavy atom. The zero-order valence-electron chi connectivity index (χ0n) is 12.8. The lowest BCUT2D eigenvalue weighted by molar-refractivity contribution is 0.0953. The van der Waals surface area contributed by atoms with Crippen molar-refractivity contribution in [2.24, 2.45) is 0 Å². The first kappa shape index (κ1) is 17.8. The number of aromatic nitrogens is 1. The molecule has 0 saturated carbocycles. The quantitative estimate of drug-likeness (QED) is 0.503. The topological polar surface area (TPSA) is 68.0 Å². The number of rotatable bonds is 10. The van der Waals surface area contributed by atoms with Gasteiger partial charge in [0.2, 0.25) is 0 Å². The average Bonchev–Trinajstić information content (AvgIpc) is 2.48. The number of carbonyl (C=O) groups excluding carboxylic acids is 1. The van der Waals surface area contributed by atoms with Gasteiger partial charge in [-0.2, -0.15) is 0 Å². The molecule has 0 spiro atoms. The molecule has 1 aromatic rings. The smallest absolute Gasteiger partial charge is 0.254 e. The van der Waals surface area contributed by atoms with Crippen molar-refractivity contribution in [2.45, 2.75) is 58.3 Å². The first-order chi connectivity index (χ1) is 10.1. The van der Waals surface area contributed by atoms with Crippen LogP contribution in [-0.2, 0) is 0 Å². The van der Waals surface area contributed by atoms with E-state index in [9.17, 15) is 4.79 Å². The summed E-state index contributed by atoms with van der Waals surface area (Å²) < 4.78 is 0. The number of nitrogens with zero attached hydrogens (tertiary/aromatic N) is 1. The summed E-state index contributed by atoms with van der Waals surface area (Å²) in [5, 5.41) is 3.05. The summed E-state index contributed by atoms with van der Waals surface area (Å²) in [6, 6.07) is 1.55. The van der Waals surface area contributed by atoms with E-state index in [1.165, 1.54) is 44.7 Å². The lowest BCUT2D eigenvalue weighted by atomic mass is 10.1. The fraction of sp³-hybridized carbons (Fsp3) is 0.625. The Balaban J connectivity index is 2.12. The lowest BCUT2D eigenvalue weighted by Crippen LogP contribution is -2.25. The number of hydrogen-bond acceptors (Lipinski definition) is 3. The number of pyridine rings is 1. The van der Waals surface area contributed by atoms with Gasteiger partial charge in [0.25, 0.3) is 5.91 Å². The Kier molecular flexibility index (Phi) is 8.83. The van der Waals surface area contributed by atoms with Gasteiger partial charge in [-0.1, -0.05) is 63.5 Å². The van der Waals surface area contributed by atoms with Crippen molar-refractivity contribution in [3.63, 3.8) is 0 Å². The second kappa shape index (κ2) is 10.4. The Labute approximate surface area is 132 Å². The third-order valence-corrected chi connectivity index (χ3v) is 3.72. The van der Waals surface area contributed by atoms with E-state index in [-0.39, 0.29) is 11.1 Å². The van der Waals surface area contributed by atoms with Crippen LogP contribution in [0.2, 0.25) is 5.15 Å². The summed E-state index contributed by atoms with van der Waals surface area (Å²) in [6.07, 6.45) is 11.4. The van der Waals surface area contributed by atoms with E-state index in [1.807, 2.05) is 0 Å². The maximum atomic E-state index is 11.9. The molecule has 0 aliphatic rings. The summed E-state index contributed by atoms with van der Waals surface area (Å²) in [4.78, 5) is 15.8. The minimum absolute atomic E-state index is 0.192. The Bertz CT molecular complexity index is 438. The molecule has 0 saturated heterocycles. The van der Waals surface area contributed by atoms with Gasteiger partial charge in [-0.3, -0.25) is 4.79 Å². The van der Waals surface area contributed by atoms with Crippen molar-refractivity contribution >= 4 is 23.2 Å². The Morgan fingerprint density at radius 2 is 1.81 bits per heavy atom. The Hall–Kier alpha value is -1.29. The molecule has 21 heavy (non-hydrogen) atoms. The second-order valence-corrected chi connectivity index (χ2v) is 5.70. The first-order valence-corrected chi connectivity index (χ1v) is 8.22. The molecule has 5 heteroatoms. The van der Waals surface area contributed by atoms with E-state index < -0.39 is 0 Å². The second-order valence-electron chi connectivity index (χ2n) is 5.34. The molecule has 1 amide bonds. The Morgan fingerprint density at radius 3 is 2.48 bits per heavy atom. The molecule has 1 rings (SSSR count). The number of anilines is 1. The van der Waals surface area contributed by atoms with Gasteiger partial charge in [0.1, 0.15) is 5.15 Å². The van der Waals surface area contributed by atoms with Crippen LogP contribution in [0.15, 0.2) is 12.3 Å². The predicted molar refractivity (Wildman–Crippen MR) is 88.6 cm³/mol. The third-order valence-electron chi connectivity index (χ3n) is 3.42. The van der Waals surface area contributed by atoms with Gasteiger partial charge in [0, 0.05) is 6.54 Å². The van der Waals surface area contributed by atoms with Crippen molar-refractivity contribution in [1.82, 2.24) is 10.3 Å². The number of hydrogen-bond donors (Lipinski definition) is 2. The molecule has 0 aromatic carbocycles. The van der Waals surface area contributed by atoms with E-state index in [0.717, 1.165) is 12.8 Å². The van der Waals surface area contributed by atoms with Crippen molar-refractivity contribution in [3.05, 3.63) is 23.0 Å². The molecule has 1 heterocycles. The van der Waals surface area contributed by atoms with Gasteiger partial charge in [-0.15, -0.1) is 0 Å². The van der Waals surface area contributed by atoms with Crippen LogP contribution in [0.1, 0.15) is 68.6 Å². The fourth-order valence-corrected chi connectivity index (χ4v) is 2.37. The van der Waals surface area contributed by atoms with Crippen LogP contribution in [0.3, 0.4) is 0 Å². The normalized spacial score (nSPS) is 10.6. The highest BCUT2D eigenvalue weighted by molar-refractivity contribution is 6.32. The molecule has 0 unspecified atom stereocenters. The highest BCUT2D eigenvalue weighted by Crippen LogP contribution is 2.15. The summed E-state index contributed by atoms with van der Waals surface area (Å²) in [7, 11) is 0. The number of nitrogens with two attached hydrogens (primary N) is 1. The van der Waals surface area contributed by atoms with Crippen LogP contribution in [0.5, 0.6) is 0 Å². The van der Waals surface area contributed by atoms with Gasteiger partial charge in [-0.05, 0) is 12.5 Å². The SMILES string of the molecule is CCCCCCCCCCNC(=O)c1cc(N)cnc1Cl. The molecule has 1 aromatic heterocycles. The molecular formula is C16H26ClN3O. The van der Waals surface area contributed by atoms with Crippen LogP contribution >= 0.6 is 11.6 Å². The number of unbranched alkanes of at least 4 members (excludes halogenated alkanes) is 7. The van der Waals surface area contributed by atoms with Crippen LogP contribution in [0, 0.1) is 0 Å². The van der Waals surface area contributed by atoms with E-state index in [4.69, 9.17) is 17.3 Å². The van der Waals surface area contributed by atoms with Crippen LogP contribution < -0.4 is 11.1 Å². The van der Waals surface area contributed by atoms with Gasteiger partial charge >= 0.3 is 0 Å². The molecule has 0 radical (unpaired) electrons. The third kappa shape index (κ3) is 7.32. The number of nitrogen functional groups attached to an aromatic ring is 1. The van der Waals surface area contributed by atoms with Gasteiger partial charge in [-0.25, -0.2) is 4.98 Å². The summed E-state index contributed by atoms with van der Waals surface area (Å²) in [5.41, 5.74) is 6.39. The number of amides is 1. The monoisotopic (exact) mass is 311 g/mol. The van der Waals surface area contributed by atoms with Crippen molar-refractivity contribution in [1.29, 1.82) is 0 Å². The summed E-state index contributed by atoms with van der Waals surface area (Å²) in [5.74, 6) is -0.206. The predicted octanol–water partition coefficient (Wildman–Crippen LogP) is 4.19. The minimum Gasteiger partial charge on any atom is -0.397 e. The molecule has 0 atom stereocenters. The van der Waals surface area contributed by atoms with Crippen LogP contribution in [0.4, 0.5) is 5.69 Å². The highest BCUT2D eigenvalue weighted by atomic mass is 35.5. The highest BCUT2D eigenvalue weighted by Gasteiger charge is 2.11. The van der Waals surface area contributed by atoms with Gasteiger partial charge < -0.3 is 11.1 Å². The summed E-state index contributed by atoms with van der Waals surface area (Å²) in [6.45, 7) is 2.89. The van der Waals surface area contributed by atoms with Crippen molar-refractivity contribution in [3.8, 4) is 0 Å².